The number of aliphatic hydroxyl groups is 1. The summed E-state index contributed by atoms with van der Waals surface area (Å²) in [7, 11) is 1.62. The lowest BCUT2D eigenvalue weighted by molar-refractivity contribution is -0.147. The Kier molecular flexibility index (Phi) is 6.66. The number of aromatic nitrogens is 1. The van der Waals surface area contributed by atoms with E-state index in [0.29, 0.717) is 57.9 Å². The molecule has 1 fully saturated rings. The Morgan fingerprint density at radius 3 is 2.28 bits per heavy atom. The fourth-order valence-corrected chi connectivity index (χ4v) is 4.33. The Hall–Kier alpha value is -3.65. The monoisotopic (exact) mass is 495 g/mol. The third-order valence-corrected chi connectivity index (χ3v) is 6.54. The SMILES string of the molecule is Cc1cc(F)cc(C)c1Oc1ccc(C(C)(C)O)cc1-c1cn(C)c(=O)cc1O[C@H]1C[C@@H](C(=O)O)C1. The van der Waals surface area contributed by atoms with Crippen molar-refractivity contribution in [3.05, 3.63) is 75.5 Å². The first-order valence-corrected chi connectivity index (χ1v) is 11.8. The van der Waals surface area contributed by atoms with Crippen LogP contribution in [0.4, 0.5) is 4.39 Å². The molecule has 0 aliphatic heterocycles. The number of halogens is 1. The molecule has 4 rings (SSSR count). The molecular formula is C28H30FNO6. The lowest BCUT2D eigenvalue weighted by Gasteiger charge is -2.33. The van der Waals surface area contributed by atoms with Gasteiger partial charge in [0.25, 0.3) is 5.56 Å². The molecule has 0 saturated heterocycles. The first kappa shape index (κ1) is 25.4. The van der Waals surface area contributed by atoms with Crippen LogP contribution < -0.4 is 15.0 Å². The number of aliphatic carboxylic acids is 1. The van der Waals surface area contributed by atoms with Gasteiger partial charge >= 0.3 is 5.97 Å². The van der Waals surface area contributed by atoms with Crippen molar-refractivity contribution < 1.29 is 28.9 Å². The molecular weight excluding hydrogens is 465 g/mol. The molecule has 0 atom stereocenters. The topological polar surface area (TPSA) is 98.0 Å². The van der Waals surface area contributed by atoms with Gasteiger partial charge in [-0.3, -0.25) is 9.59 Å². The molecule has 8 heteroatoms. The molecule has 1 aliphatic rings. The molecule has 0 spiro atoms. The van der Waals surface area contributed by atoms with Gasteiger partial charge in [0.1, 0.15) is 29.2 Å². The normalized spacial score (nSPS) is 17.4. The maximum Gasteiger partial charge on any atom is 0.306 e. The fraction of sp³-hybridized carbons (Fsp3) is 0.357. The van der Waals surface area contributed by atoms with Crippen LogP contribution in [0.25, 0.3) is 11.1 Å². The van der Waals surface area contributed by atoms with Gasteiger partial charge in [-0.15, -0.1) is 0 Å². The molecule has 0 bridgehead atoms. The van der Waals surface area contributed by atoms with E-state index in [1.165, 1.54) is 22.8 Å². The Morgan fingerprint density at radius 1 is 1.06 bits per heavy atom. The summed E-state index contributed by atoms with van der Waals surface area (Å²) < 4.78 is 27.7. The van der Waals surface area contributed by atoms with Crippen molar-refractivity contribution in [3.63, 3.8) is 0 Å². The van der Waals surface area contributed by atoms with Crippen molar-refractivity contribution in [1.29, 1.82) is 0 Å². The maximum atomic E-state index is 13.9. The molecule has 0 unspecified atom stereocenters. The Balaban J connectivity index is 1.84. The van der Waals surface area contributed by atoms with Gasteiger partial charge in [0.15, 0.2) is 0 Å². The molecule has 0 radical (unpaired) electrons. The van der Waals surface area contributed by atoms with E-state index in [0.717, 1.165) is 0 Å². The second kappa shape index (κ2) is 9.43. The third-order valence-electron chi connectivity index (χ3n) is 6.54. The minimum absolute atomic E-state index is 0.283. The average molecular weight is 496 g/mol. The highest BCUT2D eigenvalue weighted by Gasteiger charge is 2.36. The first-order valence-electron chi connectivity index (χ1n) is 11.8. The highest BCUT2D eigenvalue weighted by molar-refractivity contribution is 5.77. The quantitative estimate of drug-likeness (QED) is 0.475. The van der Waals surface area contributed by atoms with Crippen LogP contribution in [0.2, 0.25) is 0 Å². The van der Waals surface area contributed by atoms with Crippen molar-refractivity contribution in [3.8, 4) is 28.4 Å². The predicted octanol–water partition coefficient (Wildman–Crippen LogP) is 5.07. The highest BCUT2D eigenvalue weighted by atomic mass is 19.1. The van der Waals surface area contributed by atoms with Crippen LogP contribution in [0.5, 0.6) is 17.2 Å². The van der Waals surface area contributed by atoms with Gasteiger partial charge in [-0.2, -0.15) is 0 Å². The number of carboxylic acid groups (broad SMARTS) is 1. The molecule has 2 N–H and O–H groups in total. The number of hydrogen-bond acceptors (Lipinski definition) is 5. The fourth-order valence-electron chi connectivity index (χ4n) is 4.33. The molecule has 7 nitrogen and oxygen atoms in total. The zero-order chi connectivity index (χ0) is 26.4. The summed E-state index contributed by atoms with van der Waals surface area (Å²) in [6.45, 7) is 6.85. The number of hydrogen-bond donors (Lipinski definition) is 2. The number of benzene rings is 2. The molecule has 1 heterocycles. The van der Waals surface area contributed by atoms with E-state index in [2.05, 4.69) is 0 Å². The second-order valence-corrected chi connectivity index (χ2v) is 9.99. The van der Waals surface area contributed by atoms with Crippen LogP contribution >= 0.6 is 0 Å². The molecule has 1 aromatic heterocycles. The Labute approximate surface area is 208 Å². The van der Waals surface area contributed by atoms with Crippen LogP contribution in [0, 0.1) is 25.6 Å². The lowest BCUT2D eigenvalue weighted by atomic mass is 9.82. The van der Waals surface area contributed by atoms with E-state index in [9.17, 15) is 24.2 Å². The van der Waals surface area contributed by atoms with E-state index in [1.807, 2.05) is 0 Å². The van der Waals surface area contributed by atoms with E-state index in [4.69, 9.17) is 9.47 Å². The zero-order valence-corrected chi connectivity index (χ0v) is 21.0. The summed E-state index contributed by atoms with van der Waals surface area (Å²) in [5.41, 5.74) is 1.54. The molecule has 3 aromatic rings. The van der Waals surface area contributed by atoms with Gasteiger partial charge in [0, 0.05) is 30.4 Å². The van der Waals surface area contributed by atoms with Gasteiger partial charge in [-0.1, -0.05) is 6.07 Å². The van der Waals surface area contributed by atoms with Gasteiger partial charge in [0.05, 0.1) is 11.5 Å². The first-order chi connectivity index (χ1) is 16.8. The third kappa shape index (κ3) is 5.14. The molecule has 2 aromatic carbocycles. The van der Waals surface area contributed by atoms with E-state index < -0.39 is 17.5 Å². The summed E-state index contributed by atoms with van der Waals surface area (Å²) in [6.07, 6.45) is 2.00. The Bertz CT molecular complexity index is 1360. The molecule has 190 valence electrons. The van der Waals surface area contributed by atoms with E-state index in [-0.39, 0.29) is 17.5 Å². The number of carboxylic acids is 1. The van der Waals surface area contributed by atoms with E-state index in [1.54, 1.807) is 59.1 Å². The summed E-state index contributed by atoms with van der Waals surface area (Å²) in [5.74, 6) is -0.448. The molecule has 1 aliphatic carbocycles. The number of rotatable bonds is 7. The number of nitrogens with zero attached hydrogens (tertiary/aromatic N) is 1. The van der Waals surface area contributed by atoms with Crippen molar-refractivity contribution in [2.24, 2.45) is 13.0 Å². The largest absolute Gasteiger partial charge is 0.489 e. The van der Waals surface area contributed by atoms with Crippen molar-refractivity contribution in [1.82, 2.24) is 4.57 Å². The minimum atomic E-state index is -1.15. The van der Waals surface area contributed by atoms with Gasteiger partial charge in [-0.05, 0) is 81.5 Å². The lowest BCUT2D eigenvalue weighted by Crippen LogP contribution is -2.38. The standard InChI is InChI=1S/C28H30FNO6/c1-15-8-19(29)9-16(2)26(15)36-23-7-6-18(28(3,4)34)12-21(23)22-14-30(5)25(31)13-24(22)35-20-10-17(11-20)27(32)33/h6-9,12-14,17,20,34H,10-11H2,1-5H3,(H,32,33)/t17-,20+. The summed E-state index contributed by atoms with van der Waals surface area (Å²) in [5, 5.41) is 19.9. The van der Waals surface area contributed by atoms with Gasteiger partial charge in [0.2, 0.25) is 0 Å². The van der Waals surface area contributed by atoms with Crippen LogP contribution in [-0.2, 0) is 17.4 Å². The number of aryl methyl sites for hydroxylation is 3. The number of carbonyl (C=O) groups is 1. The van der Waals surface area contributed by atoms with Gasteiger partial charge < -0.3 is 24.3 Å². The number of ether oxygens (including phenoxy) is 2. The van der Waals surface area contributed by atoms with Crippen LogP contribution in [-0.4, -0.2) is 26.9 Å². The van der Waals surface area contributed by atoms with Gasteiger partial charge in [-0.25, -0.2) is 4.39 Å². The van der Waals surface area contributed by atoms with E-state index >= 15 is 0 Å². The second-order valence-electron chi connectivity index (χ2n) is 9.99. The van der Waals surface area contributed by atoms with Crippen LogP contribution in [0.1, 0.15) is 43.4 Å². The van der Waals surface area contributed by atoms with Crippen molar-refractivity contribution in [2.45, 2.75) is 52.2 Å². The predicted molar refractivity (Wildman–Crippen MR) is 133 cm³/mol. The molecule has 36 heavy (non-hydrogen) atoms. The highest BCUT2D eigenvalue weighted by Crippen LogP contribution is 2.43. The van der Waals surface area contributed by atoms with Crippen LogP contribution in [0.3, 0.4) is 0 Å². The Morgan fingerprint density at radius 2 is 1.69 bits per heavy atom. The maximum absolute atomic E-state index is 13.9. The molecule has 0 amide bonds. The summed E-state index contributed by atoms with van der Waals surface area (Å²) in [6, 6.07) is 9.41. The number of pyridine rings is 1. The minimum Gasteiger partial charge on any atom is -0.489 e. The summed E-state index contributed by atoms with van der Waals surface area (Å²) in [4.78, 5) is 23.7. The zero-order valence-electron chi connectivity index (χ0n) is 21.0. The van der Waals surface area contributed by atoms with Crippen molar-refractivity contribution >= 4 is 5.97 Å². The summed E-state index contributed by atoms with van der Waals surface area (Å²) >= 11 is 0. The molecule has 1 saturated carbocycles. The van der Waals surface area contributed by atoms with Crippen molar-refractivity contribution in [2.75, 3.05) is 0 Å². The van der Waals surface area contributed by atoms with Crippen LogP contribution in [0.15, 0.2) is 47.4 Å². The smallest absolute Gasteiger partial charge is 0.306 e. The average Bonchev–Trinajstić information content (AvgIpc) is 2.74.